The van der Waals surface area contributed by atoms with E-state index in [-0.39, 0.29) is 23.9 Å². The molecular weight excluding hydrogens is 298 g/mol. The first-order valence-corrected chi connectivity index (χ1v) is 7.17. The number of aromatic nitrogens is 2. The first-order chi connectivity index (χ1) is 11.1. The van der Waals surface area contributed by atoms with Crippen LogP contribution in [0.5, 0.6) is 5.75 Å². The summed E-state index contributed by atoms with van der Waals surface area (Å²) in [6.45, 7) is 0.372. The monoisotopic (exact) mass is 313 g/mol. The zero-order valence-electron chi connectivity index (χ0n) is 12.2. The van der Waals surface area contributed by atoms with Crippen molar-refractivity contribution in [2.75, 3.05) is 5.32 Å². The number of rotatable bonds is 5. The molecule has 0 radical (unpaired) electrons. The van der Waals surface area contributed by atoms with Gasteiger partial charge in [-0.25, -0.2) is 9.78 Å². The van der Waals surface area contributed by atoms with Crippen LogP contribution >= 0.6 is 0 Å². The molecule has 3 rings (SSSR count). The van der Waals surface area contributed by atoms with E-state index in [1.54, 1.807) is 24.3 Å². The van der Waals surface area contributed by atoms with E-state index in [1.807, 2.05) is 6.07 Å². The SMILES string of the molecule is O=C(CCCn1c(=O)oc2ccccc21)Nc1ncccc1O. The Labute approximate surface area is 131 Å². The average Bonchev–Trinajstić information content (AvgIpc) is 2.86. The number of aryl methyl sites for hydroxylation is 1. The zero-order chi connectivity index (χ0) is 16.2. The van der Waals surface area contributed by atoms with E-state index in [0.717, 1.165) is 0 Å². The summed E-state index contributed by atoms with van der Waals surface area (Å²) in [7, 11) is 0. The molecule has 7 heteroatoms. The first kappa shape index (κ1) is 14.8. The molecular formula is C16H15N3O4. The predicted molar refractivity (Wildman–Crippen MR) is 84.2 cm³/mol. The van der Waals surface area contributed by atoms with Gasteiger partial charge >= 0.3 is 5.76 Å². The van der Waals surface area contributed by atoms with Gasteiger partial charge in [-0.1, -0.05) is 12.1 Å². The molecule has 2 N–H and O–H groups in total. The number of nitrogens with one attached hydrogen (secondary N) is 1. The normalized spacial score (nSPS) is 10.8. The van der Waals surface area contributed by atoms with E-state index in [1.165, 1.54) is 16.8 Å². The number of fused-ring (bicyclic) bond motifs is 1. The van der Waals surface area contributed by atoms with Crippen molar-refractivity contribution in [3.8, 4) is 5.75 Å². The molecule has 2 heterocycles. The fourth-order valence-electron chi connectivity index (χ4n) is 2.31. The number of carbonyl (C=O) groups is 1. The van der Waals surface area contributed by atoms with Crippen LogP contribution in [-0.4, -0.2) is 20.6 Å². The number of benzene rings is 1. The minimum absolute atomic E-state index is 0.0853. The van der Waals surface area contributed by atoms with Gasteiger partial charge in [0.05, 0.1) is 5.52 Å². The van der Waals surface area contributed by atoms with Crippen molar-refractivity contribution in [3.05, 3.63) is 53.1 Å². The van der Waals surface area contributed by atoms with Gasteiger partial charge in [0.1, 0.15) is 0 Å². The summed E-state index contributed by atoms with van der Waals surface area (Å²) in [4.78, 5) is 27.6. The largest absolute Gasteiger partial charge is 0.504 e. The lowest BCUT2D eigenvalue weighted by molar-refractivity contribution is -0.116. The second-order valence-electron chi connectivity index (χ2n) is 5.01. The number of pyridine rings is 1. The van der Waals surface area contributed by atoms with Gasteiger partial charge in [0.15, 0.2) is 17.2 Å². The molecule has 0 aliphatic rings. The second kappa shape index (κ2) is 6.35. The van der Waals surface area contributed by atoms with Crippen LogP contribution in [-0.2, 0) is 11.3 Å². The predicted octanol–water partition coefficient (Wildman–Crippen LogP) is 2.11. The van der Waals surface area contributed by atoms with Crippen molar-refractivity contribution in [1.82, 2.24) is 9.55 Å². The topological polar surface area (TPSA) is 97.4 Å². The highest BCUT2D eigenvalue weighted by Gasteiger charge is 2.10. The molecule has 3 aromatic rings. The van der Waals surface area contributed by atoms with Crippen LogP contribution in [0.25, 0.3) is 11.1 Å². The highest BCUT2D eigenvalue weighted by atomic mass is 16.4. The molecule has 7 nitrogen and oxygen atoms in total. The van der Waals surface area contributed by atoms with Gasteiger partial charge in [0.2, 0.25) is 5.91 Å². The fraction of sp³-hybridized carbons (Fsp3) is 0.188. The summed E-state index contributed by atoms with van der Waals surface area (Å²) in [5, 5.41) is 12.1. The fourth-order valence-corrected chi connectivity index (χ4v) is 2.31. The second-order valence-corrected chi connectivity index (χ2v) is 5.01. The van der Waals surface area contributed by atoms with Crippen molar-refractivity contribution in [2.45, 2.75) is 19.4 Å². The standard InChI is InChI=1S/C16H15N3O4/c20-12-6-3-9-17-15(12)18-14(21)8-4-10-19-11-5-1-2-7-13(11)23-16(19)22/h1-3,5-7,9,20H,4,8,10H2,(H,17,18,21). The number of nitrogens with zero attached hydrogens (tertiary/aromatic N) is 2. The van der Waals surface area contributed by atoms with Crippen LogP contribution in [0.2, 0.25) is 0 Å². The van der Waals surface area contributed by atoms with E-state index in [9.17, 15) is 14.7 Å². The molecule has 0 spiro atoms. The third kappa shape index (κ3) is 3.23. The first-order valence-electron chi connectivity index (χ1n) is 7.17. The summed E-state index contributed by atoms with van der Waals surface area (Å²) in [6.07, 6.45) is 2.14. The third-order valence-electron chi connectivity index (χ3n) is 3.40. The van der Waals surface area contributed by atoms with Crippen molar-refractivity contribution in [1.29, 1.82) is 0 Å². The van der Waals surface area contributed by atoms with Crippen molar-refractivity contribution >= 4 is 22.8 Å². The van der Waals surface area contributed by atoms with Gasteiger partial charge in [0, 0.05) is 19.2 Å². The van der Waals surface area contributed by atoms with Crippen LogP contribution in [0.15, 0.2) is 51.8 Å². The molecule has 23 heavy (non-hydrogen) atoms. The number of aromatic hydroxyl groups is 1. The van der Waals surface area contributed by atoms with Gasteiger partial charge in [0.25, 0.3) is 0 Å². The smallest absolute Gasteiger partial charge is 0.419 e. The molecule has 0 saturated heterocycles. The van der Waals surface area contributed by atoms with E-state index in [0.29, 0.717) is 24.1 Å². The van der Waals surface area contributed by atoms with E-state index >= 15 is 0 Å². The summed E-state index contributed by atoms with van der Waals surface area (Å²) in [6, 6.07) is 10.2. The number of anilines is 1. The number of carbonyl (C=O) groups excluding carboxylic acids is 1. The molecule has 0 atom stereocenters. The number of amides is 1. The highest BCUT2D eigenvalue weighted by Crippen LogP contribution is 2.18. The Hall–Kier alpha value is -3.09. The molecule has 0 saturated carbocycles. The van der Waals surface area contributed by atoms with Crippen LogP contribution in [0.3, 0.4) is 0 Å². The number of hydrogen-bond donors (Lipinski definition) is 2. The number of oxazole rings is 1. The van der Waals surface area contributed by atoms with E-state index in [2.05, 4.69) is 10.3 Å². The van der Waals surface area contributed by atoms with Crippen molar-refractivity contribution in [3.63, 3.8) is 0 Å². The molecule has 1 amide bonds. The van der Waals surface area contributed by atoms with Crippen LogP contribution in [0.1, 0.15) is 12.8 Å². The Balaban J connectivity index is 1.61. The quantitative estimate of drug-likeness (QED) is 0.752. The molecule has 0 fully saturated rings. The van der Waals surface area contributed by atoms with Crippen LogP contribution in [0.4, 0.5) is 5.82 Å². The van der Waals surface area contributed by atoms with Gasteiger partial charge in [-0.3, -0.25) is 9.36 Å². The Morgan fingerprint density at radius 1 is 1.26 bits per heavy atom. The van der Waals surface area contributed by atoms with E-state index in [4.69, 9.17) is 4.42 Å². The molecule has 0 bridgehead atoms. The Bertz CT molecular complexity index is 897. The average molecular weight is 313 g/mol. The van der Waals surface area contributed by atoms with Crippen LogP contribution in [0, 0.1) is 0 Å². The zero-order valence-corrected chi connectivity index (χ0v) is 12.2. The summed E-state index contributed by atoms with van der Waals surface area (Å²) >= 11 is 0. The maximum absolute atomic E-state index is 11.9. The minimum atomic E-state index is -0.436. The maximum atomic E-state index is 11.9. The van der Waals surface area contributed by atoms with Gasteiger partial charge in [-0.2, -0.15) is 0 Å². The van der Waals surface area contributed by atoms with Gasteiger partial charge in [-0.05, 0) is 30.7 Å². The summed E-state index contributed by atoms with van der Waals surface area (Å²) in [5.74, 6) is -0.671. The number of para-hydroxylation sites is 2. The Morgan fingerprint density at radius 2 is 2.09 bits per heavy atom. The maximum Gasteiger partial charge on any atom is 0.419 e. The summed E-state index contributed by atoms with van der Waals surface area (Å²) in [5.41, 5.74) is 1.24. The van der Waals surface area contributed by atoms with E-state index < -0.39 is 5.76 Å². The number of hydrogen-bond acceptors (Lipinski definition) is 5. The Kier molecular flexibility index (Phi) is 4.09. The lowest BCUT2D eigenvalue weighted by Gasteiger charge is -2.06. The molecule has 118 valence electrons. The third-order valence-corrected chi connectivity index (χ3v) is 3.40. The highest BCUT2D eigenvalue weighted by molar-refractivity contribution is 5.90. The van der Waals surface area contributed by atoms with Gasteiger partial charge in [-0.15, -0.1) is 0 Å². The minimum Gasteiger partial charge on any atom is -0.504 e. The molecule has 0 unspecified atom stereocenters. The van der Waals surface area contributed by atoms with Crippen LogP contribution < -0.4 is 11.1 Å². The van der Waals surface area contributed by atoms with Crippen molar-refractivity contribution < 1.29 is 14.3 Å². The summed E-state index contributed by atoms with van der Waals surface area (Å²) < 4.78 is 6.63. The molecule has 1 aromatic carbocycles. The molecule has 2 aromatic heterocycles. The lowest BCUT2D eigenvalue weighted by Crippen LogP contribution is -2.17. The molecule has 0 aliphatic heterocycles. The van der Waals surface area contributed by atoms with Crippen molar-refractivity contribution in [2.24, 2.45) is 0 Å². The van der Waals surface area contributed by atoms with Gasteiger partial charge < -0.3 is 14.8 Å². The molecule has 0 aliphatic carbocycles. The lowest BCUT2D eigenvalue weighted by atomic mass is 10.2. The Morgan fingerprint density at radius 3 is 2.91 bits per heavy atom.